The lowest BCUT2D eigenvalue weighted by Gasteiger charge is -2.21. The molecule has 1 fully saturated rings. The van der Waals surface area contributed by atoms with Crippen molar-refractivity contribution >= 4 is 17.5 Å². The summed E-state index contributed by atoms with van der Waals surface area (Å²) in [6.07, 6.45) is 0.847. The van der Waals surface area contributed by atoms with Gasteiger partial charge in [-0.2, -0.15) is 0 Å². The van der Waals surface area contributed by atoms with E-state index in [1.165, 1.54) is 6.07 Å². The molecule has 4 nitrogen and oxygen atoms in total. The largest absolute Gasteiger partial charge is 0.355 e. The standard InChI is InChI=1S/C13H15FN2O2/c1-8-2-4-10(14)11(6-8)16-13(18)9-3-5-12(17)15-7-9/h2,4,6,9H,3,5,7H2,1H3,(H,15,17)(H,16,18). The number of halogens is 1. The summed E-state index contributed by atoms with van der Waals surface area (Å²) in [6, 6.07) is 4.56. The average Bonchev–Trinajstić information content (AvgIpc) is 2.34. The molecule has 0 saturated carbocycles. The molecule has 2 N–H and O–H groups in total. The van der Waals surface area contributed by atoms with Crippen LogP contribution in [0.25, 0.3) is 0 Å². The van der Waals surface area contributed by atoms with Gasteiger partial charge in [0.15, 0.2) is 0 Å². The van der Waals surface area contributed by atoms with Crippen molar-refractivity contribution in [2.75, 3.05) is 11.9 Å². The van der Waals surface area contributed by atoms with Crippen molar-refractivity contribution in [1.29, 1.82) is 0 Å². The van der Waals surface area contributed by atoms with E-state index >= 15 is 0 Å². The van der Waals surface area contributed by atoms with Gasteiger partial charge >= 0.3 is 0 Å². The normalized spacial score (nSPS) is 19.2. The zero-order valence-corrected chi connectivity index (χ0v) is 10.1. The van der Waals surface area contributed by atoms with Gasteiger partial charge in [0.1, 0.15) is 5.82 Å². The Kier molecular flexibility index (Phi) is 3.60. The molecule has 1 aliphatic heterocycles. The van der Waals surface area contributed by atoms with Gasteiger partial charge in [-0.1, -0.05) is 6.07 Å². The molecule has 0 radical (unpaired) electrons. The topological polar surface area (TPSA) is 58.2 Å². The molecule has 1 atom stereocenters. The molecule has 0 aliphatic carbocycles. The van der Waals surface area contributed by atoms with Crippen LogP contribution in [-0.2, 0) is 9.59 Å². The van der Waals surface area contributed by atoms with Crippen molar-refractivity contribution in [2.24, 2.45) is 5.92 Å². The fourth-order valence-corrected chi connectivity index (χ4v) is 1.93. The van der Waals surface area contributed by atoms with E-state index in [0.29, 0.717) is 19.4 Å². The summed E-state index contributed by atoms with van der Waals surface area (Å²) < 4.78 is 13.5. The predicted molar refractivity (Wildman–Crippen MR) is 65.5 cm³/mol. The van der Waals surface area contributed by atoms with E-state index in [2.05, 4.69) is 10.6 Å². The zero-order valence-electron chi connectivity index (χ0n) is 10.1. The SMILES string of the molecule is Cc1ccc(F)c(NC(=O)C2CCC(=O)NC2)c1. The summed E-state index contributed by atoms with van der Waals surface area (Å²) in [5, 5.41) is 5.20. The van der Waals surface area contributed by atoms with Crippen LogP contribution in [0, 0.1) is 18.7 Å². The molecule has 1 heterocycles. The minimum Gasteiger partial charge on any atom is -0.355 e. The van der Waals surface area contributed by atoms with Gasteiger partial charge < -0.3 is 10.6 Å². The van der Waals surface area contributed by atoms with Gasteiger partial charge in [0.05, 0.1) is 11.6 Å². The number of rotatable bonds is 2. The lowest BCUT2D eigenvalue weighted by Crippen LogP contribution is -2.40. The number of anilines is 1. The average molecular weight is 250 g/mol. The molecule has 1 unspecified atom stereocenters. The van der Waals surface area contributed by atoms with E-state index in [9.17, 15) is 14.0 Å². The Morgan fingerprint density at radius 3 is 2.94 bits per heavy atom. The number of hydrogen-bond acceptors (Lipinski definition) is 2. The minimum absolute atomic E-state index is 0.0409. The minimum atomic E-state index is -0.450. The van der Waals surface area contributed by atoms with Gasteiger partial charge in [0.25, 0.3) is 0 Å². The molecule has 1 aromatic rings. The summed E-state index contributed by atoms with van der Waals surface area (Å²) in [5.74, 6) is -1.03. The van der Waals surface area contributed by atoms with Crippen LogP contribution >= 0.6 is 0 Å². The van der Waals surface area contributed by atoms with Crippen LogP contribution in [0.1, 0.15) is 18.4 Å². The maximum Gasteiger partial charge on any atom is 0.229 e. The molecule has 1 aromatic carbocycles. The van der Waals surface area contributed by atoms with Crippen LogP contribution in [0.3, 0.4) is 0 Å². The highest BCUT2D eigenvalue weighted by Crippen LogP contribution is 2.18. The van der Waals surface area contributed by atoms with Crippen molar-refractivity contribution < 1.29 is 14.0 Å². The number of carbonyl (C=O) groups is 2. The molecule has 0 bridgehead atoms. The first kappa shape index (κ1) is 12.5. The maximum absolute atomic E-state index is 13.5. The molecule has 2 amide bonds. The Morgan fingerprint density at radius 1 is 1.50 bits per heavy atom. The third-order valence-corrected chi connectivity index (χ3v) is 3.02. The van der Waals surface area contributed by atoms with Gasteiger partial charge in [-0.3, -0.25) is 9.59 Å². The van der Waals surface area contributed by atoms with Crippen LogP contribution in [0.15, 0.2) is 18.2 Å². The number of aryl methyl sites for hydroxylation is 1. The molecule has 0 spiro atoms. The third-order valence-electron chi connectivity index (χ3n) is 3.02. The summed E-state index contributed by atoms with van der Waals surface area (Å²) in [5.41, 5.74) is 1.07. The third kappa shape index (κ3) is 2.85. The lowest BCUT2D eigenvalue weighted by atomic mass is 9.98. The van der Waals surface area contributed by atoms with Crippen LogP contribution < -0.4 is 10.6 Å². The van der Waals surface area contributed by atoms with Crippen LogP contribution in [0.4, 0.5) is 10.1 Å². The molecule has 0 aromatic heterocycles. The van der Waals surface area contributed by atoms with Gasteiger partial charge in [-0.05, 0) is 31.0 Å². The van der Waals surface area contributed by atoms with Crippen molar-refractivity contribution in [3.63, 3.8) is 0 Å². The number of benzene rings is 1. The molecule has 5 heteroatoms. The van der Waals surface area contributed by atoms with E-state index in [1.54, 1.807) is 12.1 Å². The molecular formula is C13H15FN2O2. The lowest BCUT2D eigenvalue weighted by molar-refractivity contribution is -0.126. The van der Waals surface area contributed by atoms with Crippen LogP contribution in [0.5, 0.6) is 0 Å². The highest BCUT2D eigenvalue weighted by atomic mass is 19.1. The molecule has 18 heavy (non-hydrogen) atoms. The summed E-state index contributed by atoms with van der Waals surface area (Å²) in [6.45, 7) is 2.15. The van der Waals surface area contributed by atoms with E-state index in [0.717, 1.165) is 5.56 Å². The zero-order chi connectivity index (χ0) is 13.1. The Morgan fingerprint density at radius 2 is 2.28 bits per heavy atom. The fourth-order valence-electron chi connectivity index (χ4n) is 1.93. The summed E-state index contributed by atoms with van der Waals surface area (Å²) in [4.78, 5) is 22.9. The Bertz CT molecular complexity index is 478. The van der Waals surface area contributed by atoms with Gasteiger partial charge in [-0.25, -0.2) is 4.39 Å². The van der Waals surface area contributed by atoms with E-state index in [1.807, 2.05) is 6.92 Å². The number of carbonyl (C=O) groups excluding carboxylic acids is 2. The number of piperidine rings is 1. The monoisotopic (exact) mass is 250 g/mol. The quantitative estimate of drug-likeness (QED) is 0.837. The first-order valence-electron chi connectivity index (χ1n) is 5.90. The van der Waals surface area contributed by atoms with E-state index < -0.39 is 5.82 Å². The second-order valence-electron chi connectivity index (χ2n) is 4.51. The second-order valence-corrected chi connectivity index (χ2v) is 4.51. The molecule has 96 valence electrons. The fraction of sp³-hybridized carbons (Fsp3) is 0.385. The number of amides is 2. The Hall–Kier alpha value is -1.91. The van der Waals surface area contributed by atoms with Crippen LogP contribution in [0.2, 0.25) is 0 Å². The van der Waals surface area contributed by atoms with E-state index in [-0.39, 0.29) is 23.4 Å². The van der Waals surface area contributed by atoms with Crippen molar-refractivity contribution in [3.8, 4) is 0 Å². The maximum atomic E-state index is 13.5. The van der Waals surface area contributed by atoms with E-state index in [4.69, 9.17) is 0 Å². The molecule has 2 rings (SSSR count). The Balaban J connectivity index is 2.02. The van der Waals surface area contributed by atoms with Crippen LogP contribution in [-0.4, -0.2) is 18.4 Å². The molecule has 1 aliphatic rings. The highest BCUT2D eigenvalue weighted by molar-refractivity contribution is 5.94. The van der Waals surface area contributed by atoms with Crippen molar-refractivity contribution in [3.05, 3.63) is 29.6 Å². The van der Waals surface area contributed by atoms with Gasteiger partial charge in [0, 0.05) is 13.0 Å². The highest BCUT2D eigenvalue weighted by Gasteiger charge is 2.24. The summed E-state index contributed by atoms with van der Waals surface area (Å²) in [7, 11) is 0. The summed E-state index contributed by atoms with van der Waals surface area (Å²) >= 11 is 0. The van der Waals surface area contributed by atoms with Crippen molar-refractivity contribution in [1.82, 2.24) is 5.32 Å². The van der Waals surface area contributed by atoms with Gasteiger partial charge in [-0.15, -0.1) is 0 Å². The first-order chi connectivity index (χ1) is 8.56. The predicted octanol–water partition coefficient (Wildman–Crippen LogP) is 1.60. The molecule has 1 saturated heterocycles. The number of nitrogens with one attached hydrogen (secondary N) is 2. The Labute approximate surface area is 105 Å². The molecular weight excluding hydrogens is 235 g/mol. The second kappa shape index (κ2) is 5.16. The first-order valence-corrected chi connectivity index (χ1v) is 5.90. The number of hydrogen-bond donors (Lipinski definition) is 2. The van der Waals surface area contributed by atoms with Crippen molar-refractivity contribution in [2.45, 2.75) is 19.8 Å². The van der Waals surface area contributed by atoms with Gasteiger partial charge in [0.2, 0.25) is 11.8 Å². The smallest absolute Gasteiger partial charge is 0.229 e.